The molecule has 0 atom stereocenters. The van der Waals surface area contributed by atoms with E-state index in [0.29, 0.717) is 6.04 Å². The summed E-state index contributed by atoms with van der Waals surface area (Å²) in [6.45, 7) is 5.03. The zero-order chi connectivity index (χ0) is 15.6. The highest BCUT2D eigenvalue weighted by Crippen LogP contribution is 2.27. The van der Waals surface area contributed by atoms with Crippen LogP contribution in [-0.2, 0) is 19.4 Å². The van der Waals surface area contributed by atoms with Crippen molar-refractivity contribution in [3.05, 3.63) is 47.2 Å². The molecule has 3 heterocycles. The summed E-state index contributed by atoms with van der Waals surface area (Å²) in [5, 5.41) is 3.56. The predicted octanol–water partition coefficient (Wildman–Crippen LogP) is 2.36. The molecule has 5 nitrogen and oxygen atoms in total. The average molecular weight is 309 g/mol. The van der Waals surface area contributed by atoms with Crippen molar-refractivity contribution in [2.75, 3.05) is 18.4 Å². The molecule has 1 saturated carbocycles. The highest BCUT2D eigenvalue weighted by Gasteiger charge is 2.25. The van der Waals surface area contributed by atoms with Gasteiger partial charge in [-0.3, -0.25) is 9.88 Å². The Balaban J connectivity index is 1.47. The second-order valence-electron chi connectivity index (χ2n) is 6.61. The van der Waals surface area contributed by atoms with Gasteiger partial charge in [0.25, 0.3) is 0 Å². The predicted molar refractivity (Wildman–Crippen MR) is 90.3 cm³/mol. The maximum atomic E-state index is 4.63. The third-order valence-corrected chi connectivity index (χ3v) is 4.63. The lowest BCUT2D eigenvalue weighted by Gasteiger charge is -2.19. The summed E-state index contributed by atoms with van der Waals surface area (Å²) >= 11 is 0. The van der Waals surface area contributed by atoms with Crippen molar-refractivity contribution in [2.24, 2.45) is 0 Å². The molecule has 0 saturated heterocycles. The van der Waals surface area contributed by atoms with Gasteiger partial charge in [-0.25, -0.2) is 9.97 Å². The summed E-state index contributed by atoms with van der Waals surface area (Å²) in [5.41, 5.74) is 4.77. The molecule has 0 aromatic carbocycles. The van der Waals surface area contributed by atoms with Gasteiger partial charge in [-0.15, -0.1) is 0 Å². The van der Waals surface area contributed by atoms with Crippen molar-refractivity contribution in [3.8, 4) is 0 Å². The number of fused-ring (bicyclic) bond motifs is 1. The molecule has 1 fully saturated rings. The van der Waals surface area contributed by atoms with Crippen molar-refractivity contribution in [3.63, 3.8) is 0 Å². The van der Waals surface area contributed by atoms with E-state index in [-0.39, 0.29) is 0 Å². The lowest BCUT2D eigenvalue weighted by atomic mass is 10.1. The highest BCUT2D eigenvalue weighted by atomic mass is 15.1. The second-order valence-corrected chi connectivity index (χ2v) is 6.61. The molecule has 1 aliphatic heterocycles. The fourth-order valence-corrected chi connectivity index (χ4v) is 3.19. The number of hydrogen-bond donors (Lipinski definition) is 1. The van der Waals surface area contributed by atoms with E-state index in [2.05, 4.69) is 37.3 Å². The summed E-state index contributed by atoms with van der Waals surface area (Å²) in [5.74, 6) is 1.06. The molecular weight excluding hydrogens is 286 g/mol. The molecule has 1 aliphatic carbocycles. The SMILES string of the molecule is Cc1cccc(CN2CCc3ncnc(NC4CC4)c3CC2)n1. The molecule has 2 aromatic heterocycles. The first-order valence-electron chi connectivity index (χ1n) is 8.52. The molecule has 2 aromatic rings. The molecule has 23 heavy (non-hydrogen) atoms. The third kappa shape index (κ3) is 3.50. The Hall–Kier alpha value is -2.01. The minimum atomic E-state index is 0.629. The number of nitrogens with zero attached hydrogens (tertiary/aromatic N) is 4. The van der Waals surface area contributed by atoms with Crippen molar-refractivity contribution >= 4 is 5.82 Å². The van der Waals surface area contributed by atoms with Gasteiger partial charge < -0.3 is 5.32 Å². The first kappa shape index (κ1) is 14.6. The van der Waals surface area contributed by atoms with Gasteiger partial charge in [-0.05, 0) is 38.3 Å². The topological polar surface area (TPSA) is 53.9 Å². The van der Waals surface area contributed by atoms with Gasteiger partial charge in [0.1, 0.15) is 12.1 Å². The normalized spacial score (nSPS) is 18.3. The molecular formula is C18H23N5. The van der Waals surface area contributed by atoms with Gasteiger partial charge in [0.15, 0.2) is 0 Å². The van der Waals surface area contributed by atoms with E-state index in [4.69, 9.17) is 0 Å². The molecule has 0 spiro atoms. The molecule has 120 valence electrons. The van der Waals surface area contributed by atoms with Crippen LogP contribution in [0.15, 0.2) is 24.5 Å². The molecule has 1 N–H and O–H groups in total. The minimum Gasteiger partial charge on any atom is -0.367 e. The van der Waals surface area contributed by atoms with Crippen LogP contribution >= 0.6 is 0 Å². The standard InChI is InChI=1S/C18H23N5/c1-13-3-2-4-15(21-13)11-23-9-7-16-17(8-10-23)19-12-20-18(16)22-14-5-6-14/h2-4,12,14H,5-11H2,1H3,(H,19,20,22). The Morgan fingerprint density at radius 1 is 1.17 bits per heavy atom. The summed E-state index contributed by atoms with van der Waals surface area (Å²) < 4.78 is 0. The van der Waals surface area contributed by atoms with Gasteiger partial charge in [0.2, 0.25) is 0 Å². The van der Waals surface area contributed by atoms with Crippen molar-refractivity contribution in [2.45, 2.75) is 45.2 Å². The van der Waals surface area contributed by atoms with Gasteiger partial charge in [0, 0.05) is 43.4 Å². The number of rotatable bonds is 4. The van der Waals surface area contributed by atoms with E-state index < -0.39 is 0 Å². The third-order valence-electron chi connectivity index (χ3n) is 4.63. The lowest BCUT2D eigenvalue weighted by Crippen LogP contribution is -2.26. The van der Waals surface area contributed by atoms with Crippen molar-refractivity contribution in [1.82, 2.24) is 19.9 Å². The van der Waals surface area contributed by atoms with Gasteiger partial charge in [0.05, 0.1) is 11.4 Å². The largest absolute Gasteiger partial charge is 0.367 e. The Bertz CT molecular complexity index is 696. The molecule has 4 rings (SSSR count). The van der Waals surface area contributed by atoms with Crippen LogP contribution < -0.4 is 5.32 Å². The summed E-state index contributed by atoms with van der Waals surface area (Å²) in [6, 6.07) is 6.88. The van der Waals surface area contributed by atoms with Crippen molar-refractivity contribution < 1.29 is 0 Å². The lowest BCUT2D eigenvalue weighted by molar-refractivity contribution is 0.275. The van der Waals surface area contributed by atoms with Gasteiger partial charge in [-0.1, -0.05) is 6.07 Å². The van der Waals surface area contributed by atoms with Crippen LogP contribution in [0.1, 0.15) is 35.5 Å². The smallest absolute Gasteiger partial charge is 0.133 e. The maximum absolute atomic E-state index is 4.63. The molecule has 0 bridgehead atoms. The minimum absolute atomic E-state index is 0.629. The zero-order valence-electron chi connectivity index (χ0n) is 13.6. The Morgan fingerprint density at radius 3 is 2.87 bits per heavy atom. The van der Waals surface area contributed by atoms with E-state index in [1.165, 1.54) is 24.1 Å². The van der Waals surface area contributed by atoms with E-state index in [1.54, 1.807) is 6.33 Å². The number of anilines is 1. The van der Waals surface area contributed by atoms with E-state index >= 15 is 0 Å². The molecule has 0 amide bonds. The average Bonchev–Trinajstić information content (AvgIpc) is 3.36. The number of pyridine rings is 1. The Morgan fingerprint density at radius 2 is 2.04 bits per heavy atom. The number of nitrogens with one attached hydrogen (secondary N) is 1. The fourth-order valence-electron chi connectivity index (χ4n) is 3.19. The van der Waals surface area contributed by atoms with E-state index in [1.807, 2.05) is 13.0 Å². The first-order valence-corrected chi connectivity index (χ1v) is 8.52. The zero-order valence-corrected chi connectivity index (χ0v) is 13.6. The molecule has 5 heteroatoms. The summed E-state index contributed by atoms with van der Waals surface area (Å²) in [4.78, 5) is 16.1. The monoisotopic (exact) mass is 309 g/mol. The number of hydrogen-bond acceptors (Lipinski definition) is 5. The number of aryl methyl sites for hydroxylation is 1. The van der Waals surface area contributed by atoms with Crippen LogP contribution in [-0.4, -0.2) is 39.0 Å². The molecule has 2 aliphatic rings. The van der Waals surface area contributed by atoms with Crippen LogP contribution in [0.5, 0.6) is 0 Å². The Labute approximate surface area is 137 Å². The van der Waals surface area contributed by atoms with Crippen LogP contribution in [0.3, 0.4) is 0 Å². The quantitative estimate of drug-likeness (QED) is 0.939. The molecule has 0 unspecified atom stereocenters. The summed E-state index contributed by atoms with van der Waals surface area (Å²) in [7, 11) is 0. The highest BCUT2D eigenvalue weighted by molar-refractivity contribution is 5.48. The maximum Gasteiger partial charge on any atom is 0.133 e. The van der Waals surface area contributed by atoms with Crippen LogP contribution in [0.4, 0.5) is 5.82 Å². The Kier molecular flexibility index (Phi) is 3.95. The van der Waals surface area contributed by atoms with E-state index in [9.17, 15) is 0 Å². The fraction of sp³-hybridized carbons (Fsp3) is 0.500. The van der Waals surface area contributed by atoms with Gasteiger partial charge >= 0.3 is 0 Å². The molecule has 0 radical (unpaired) electrons. The first-order chi connectivity index (χ1) is 11.3. The van der Waals surface area contributed by atoms with Crippen molar-refractivity contribution in [1.29, 1.82) is 0 Å². The van der Waals surface area contributed by atoms with Crippen LogP contribution in [0, 0.1) is 6.92 Å². The second kappa shape index (κ2) is 6.24. The number of aromatic nitrogens is 3. The van der Waals surface area contributed by atoms with Gasteiger partial charge in [-0.2, -0.15) is 0 Å². The summed E-state index contributed by atoms with van der Waals surface area (Å²) in [6.07, 6.45) is 6.25. The van der Waals surface area contributed by atoms with Crippen LogP contribution in [0.2, 0.25) is 0 Å². The van der Waals surface area contributed by atoms with Crippen LogP contribution in [0.25, 0.3) is 0 Å². The van der Waals surface area contributed by atoms with E-state index in [0.717, 1.165) is 49.7 Å².